The summed E-state index contributed by atoms with van der Waals surface area (Å²) >= 11 is 0. The number of aromatic nitrogens is 2. The fourth-order valence-electron chi connectivity index (χ4n) is 2.42. The van der Waals surface area contributed by atoms with E-state index in [0.29, 0.717) is 11.3 Å². The second kappa shape index (κ2) is 6.04. The molecule has 8 heteroatoms. The Morgan fingerprint density at radius 3 is 3.00 bits per heavy atom. The van der Waals surface area contributed by atoms with Crippen molar-refractivity contribution in [3.63, 3.8) is 0 Å². The van der Waals surface area contributed by atoms with E-state index < -0.39 is 5.63 Å². The number of amides is 1. The first-order chi connectivity index (χ1) is 12.1. The zero-order valence-corrected chi connectivity index (χ0v) is 13.4. The van der Waals surface area contributed by atoms with Crippen LogP contribution in [0.5, 0.6) is 5.75 Å². The highest BCUT2D eigenvalue weighted by Crippen LogP contribution is 2.23. The van der Waals surface area contributed by atoms with E-state index in [0.717, 1.165) is 23.8 Å². The third-order valence-corrected chi connectivity index (χ3v) is 3.87. The number of nitrogens with one attached hydrogen (secondary N) is 1. The average molecular weight is 341 g/mol. The largest absolute Gasteiger partial charge is 0.485 e. The van der Waals surface area contributed by atoms with Crippen molar-refractivity contribution in [3.05, 3.63) is 52.0 Å². The predicted octanol–water partition coefficient (Wildman–Crippen LogP) is 1.96. The molecule has 1 fully saturated rings. The summed E-state index contributed by atoms with van der Waals surface area (Å²) < 4.78 is 15.7. The van der Waals surface area contributed by atoms with Crippen LogP contribution in [0, 0.1) is 6.92 Å². The molecule has 1 amide bonds. The van der Waals surface area contributed by atoms with Gasteiger partial charge in [-0.15, -0.1) is 0 Å². The van der Waals surface area contributed by atoms with Crippen molar-refractivity contribution in [1.82, 2.24) is 15.5 Å². The molecule has 0 spiro atoms. The molecule has 0 aliphatic heterocycles. The number of hydrogen-bond acceptors (Lipinski definition) is 7. The second-order valence-corrected chi connectivity index (χ2v) is 5.96. The molecular formula is C17H15N3O5. The Balaban J connectivity index is 1.46. The molecule has 3 aromatic rings. The van der Waals surface area contributed by atoms with Crippen molar-refractivity contribution in [2.45, 2.75) is 32.4 Å². The molecule has 0 bridgehead atoms. The molecule has 1 aromatic carbocycles. The van der Waals surface area contributed by atoms with Gasteiger partial charge in [0.15, 0.2) is 6.61 Å². The van der Waals surface area contributed by atoms with Crippen molar-refractivity contribution < 1.29 is 18.5 Å². The Kier molecular flexibility index (Phi) is 3.72. The van der Waals surface area contributed by atoms with Crippen LogP contribution >= 0.6 is 0 Å². The molecule has 1 aliphatic carbocycles. The summed E-state index contributed by atoms with van der Waals surface area (Å²) in [6.07, 6.45) is 1.96. The molecule has 2 aromatic heterocycles. The van der Waals surface area contributed by atoms with Crippen molar-refractivity contribution >= 4 is 16.9 Å². The third kappa shape index (κ3) is 3.37. The monoisotopic (exact) mass is 341 g/mol. The molecule has 25 heavy (non-hydrogen) atoms. The normalized spacial score (nSPS) is 13.8. The molecule has 1 saturated carbocycles. The summed E-state index contributed by atoms with van der Waals surface area (Å²) in [7, 11) is 0. The summed E-state index contributed by atoms with van der Waals surface area (Å²) in [6, 6.07) is 6.86. The average Bonchev–Trinajstić information content (AvgIpc) is 3.26. The van der Waals surface area contributed by atoms with Crippen LogP contribution < -0.4 is 15.7 Å². The standard InChI is InChI=1S/C17H15N3O5/c1-9-6-15(21)24-13-7-11(4-5-12(9)13)23-8-14-19-17(25-20-14)16(22)18-10-2-3-10/h4-7,10H,2-3,8H2,1H3,(H,18,22). The highest BCUT2D eigenvalue weighted by atomic mass is 16.5. The summed E-state index contributed by atoms with van der Waals surface area (Å²) in [5.41, 5.74) is 0.869. The van der Waals surface area contributed by atoms with Gasteiger partial charge in [0.1, 0.15) is 11.3 Å². The number of carbonyl (C=O) groups excluding carboxylic acids is 1. The zero-order valence-electron chi connectivity index (χ0n) is 13.4. The Morgan fingerprint density at radius 1 is 1.36 bits per heavy atom. The van der Waals surface area contributed by atoms with E-state index in [1.165, 1.54) is 6.07 Å². The van der Waals surface area contributed by atoms with E-state index >= 15 is 0 Å². The van der Waals surface area contributed by atoms with E-state index in [1.54, 1.807) is 12.1 Å². The van der Waals surface area contributed by atoms with Gasteiger partial charge in [-0.05, 0) is 37.5 Å². The van der Waals surface area contributed by atoms with Crippen LogP contribution in [0.25, 0.3) is 11.0 Å². The van der Waals surface area contributed by atoms with Gasteiger partial charge >= 0.3 is 17.4 Å². The van der Waals surface area contributed by atoms with E-state index in [1.807, 2.05) is 13.0 Å². The maximum absolute atomic E-state index is 11.8. The van der Waals surface area contributed by atoms with E-state index in [9.17, 15) is 9.59 Å². The third-order valence-electron chi connectivity index (χ3n) is 3.87. The first kappa shape index (κ1) is 15.4. The molecule has 1 N–H and O–H groups in total. The smallest absolute Gasteiger partial charge is 0.336 e. The van der Waals surface area contributed by atoms with Gasteiger partial charge < -0.3 is 19.0 Å². The minimum atomic E-state index is -0.411. The zero-order chi connectivity index (χ0) is 17.4. The lowest BCUT2D eigenvalue weighted by Gasteiger charge is -2.05. The number of hydrogen-bond donors (Lipinski definition) is 1. The highest BCUT2D eigenvalue weighted by Gasteiger charge is 2.26. The van der Waals surface area contributed by atoms with Gasteiger partial charge in [-0.1, -0.05) is 5.16 Å². The lowest BCUT2D eigenvalue weighted by Crippen LogP contribution is -2.25. The molecule has 2 heterocycles. The molecule has 0 atom stereocenters. The molecule has 8 nitrogen and oxygen atoms in total. The molecule has 128 valence electrons. The minimum absolute atomic E-state index is 0.0295. The molecular weight excluding hydrogens is 326 g/mol. The number of aryl methyl sites for hydroxylation is 1. The first-order valence-electron chi connectivity index (χ1n) is 7.89. The van der Waals surface area contributed by atoms with Crippen LogP contribution in [0.1, 0.15) is 34.9 Å². The maximum Gasteiger partial charge on any atom is 0.336 e. The van der Waals surface area contributed by atoms with Gasteiger partial charge in [0, 0.05) is 23.6 Å². The lowest BCUT2D eigenvalue weighted by atomic mass is 10.1. The van der Waals surface area contributed by atoms with E-state index in [4.69, 9.17) is 13.7 Å². The molecule has 4 rings (SSSR count). The van der Waals surface area contributed by atoms with Crippen LogP contribution in [-0.2, 0) is 6.61 Å². The Morgan fingerprint density at radius 2 is 2.20 bits per heavy atom. The Bertz CT molecular complexity index is 1000. The van der Waals surface area contributed by atoms with E-state index in [-0.39, 0.29) is 30.3 Å². The van der Waals surface area contributed by atoms with Gasteiger partial charge in [-0.2, -0.15) is 4.98 Å². The molecule has 0 unspecified atom stereocenters. The Labute approximate surface area is 141 Å². The summed E-state index contributed by atoms with van der Waals surface area (Å²) in [5, 5.41) is 7.33. The van der Waals surface area contributed by atoms with Crippen LogP contribution in [-0.4, -0.2) is 22.1 Å². The molecule has 1 aliphatic rings. The number of rotatable bonds is 5. The van der Waals surface area contributed by atoms with Gasteiger partial charge in [0.05, 0.1) is 0 Å². The second-order valence-electron chi connectivity index (χ2n) is 5.96. The summed E-state index contributed by atoms with van der Waals surface area (Å²) in [6.45, 7) is 1.87. The highest BCUT2D eigenvalue weighted by molar-refractivity contribution is 5.89. The van der Waals surface area contributed by atoms with E-state index in [2.05, 4.69) is 15.5 Å². The predicted molar refractivity (Wildman–Crippen MR) is 86.3 cm³/mol. The quantitative estimate of drug-likeness (QED) is 0.707. The van der Waals surface area contributed by atoms with Crippen LogP contribution in [0.2, 0.25) is 0 Å². The first-order valence-corrected chi connectivity index (χ1v) is 7.89. The van der Waals surface area contributed by atoms with Crippen LogP contribution in [0.4, 0.5) is 0 Å². The number of ether oxygens (including phenoxy) is 1. The van der Waals surface area contributed by atoms with Crippen molar-refractivity contribution in [2.24, 2.45) is 0 Å². The van der Waals surface area contributed by atoms with Crippen molar-refractivity contribution in [1.29, 1.82) is 0 Å². The number of fused-ring (bicyclic) bond motifs is 1. The Hall–Kier alpha value is -3.16. The summed E-state index contributed by atoms with van der Waals surface area (Å²) in [4.78, 5) is 27.3. The van der Waals surface area contributed by atoms with Crippen LogP contribution in [0.15, 0.2) is 38.0 Å². The minimum Gasteiger partial charge on any atom is -0.485 e. The number of nitrogens with zero attached hydrogens (tertiary/aromatic N) is 2. The fraction of sp³-hybridized carbons (Fsp3) is 0.294. The topological polar surface area (TPSA) is 107 Å². The van der Waals surface area contributed by atoms with Crippen molar-refractivity contribution in [3.8, 4) is 5.75 Å². The van der Waals surface area contributed by atoms with Gasteiger partial charge in [0.25, 0.3) is 0 Å². The lowest BCUT2D eigenvalue weighted by molar-refractivity contribution is 0.0907. The van der Waals surface area contributed by atoms with Gasteiger partial charge in [-0.3, -0.25) is 4.79 Å². The fourth-order valence-corrected chi connectivity index (χ4v) is 2.42. The summed E-state index contributed by atoms with van der Waals surface area (Å²) in [5.74, 6) is 0.302. The van der Waals surface area contributed by atoms with Crippen LogP contribution in [0.3, 0.4) is 0 Å². The molecule has 0 radical (unpaired) electrons. The van der Waals surface area contributed by atoms with Gasteiger partial charge in [-0.25, -0.2) is 4.79 Å². The molecule has 0 saturated heterocycles. The van der Waals surface area contributed by atoms with Gasteiger partial charge in [0.2, 0.25) is 5.82 Å². The number of carbonyl (C=O) groups is 1. The SMILES string of the molecule is Cc1cc(=O)oc2cc(OCc3noc(C(=O)NC4CC4)n3)ccc12. The maximum atomic E-state index is 11.8. The number of benzene rings is 1. The van der Waals surface area contributed by atoms with Crippen molar-refractivity contribution in [2.75, 3.05) is 0 Å².